The molecular weight excluding hydrogens is 326 g/mol. The third-order valence-corrected chi connectivity index (χ3v) is 5.03. The average Bonchev–Trinajstić information content (AvgIpc) is 2.72. The zero-order chi connectivity index (χ0) is 18.4. The lowest BCUT2D eigenvalue weighted by atomic mass is 10.1. The first-order chi connectivity index (χ1) is 12.7. The summed E-state index contributed by atoms with van der Waals surface area (Å²) >= 11 is 0. The summed E-state index contributed by atoms with van der Waals surface area (Å²) in [6, 6.07) is 18.7. The molecular formula is C21H27N3O2. The van der Waals surface area contributed by atoms with E-state index in [1.807, 2.05) is 35.2 Å². The Kier molecular flexibility index (Phi) is 6.12. The highest BCUT2D eigenvalue weighted by Crippen LogP contribution is 2.21. The maximum atomic E-state index is 12.4. The summed E-state index contributed by atoms with van der Waals surface area (Å²) in [5.41, 5.74) is 2.39. The molecule has 1 heterocycles. The second-order valence-electron chi connectivity index (χ2n) is 6.62. The number of nitrogens with one attached hydrogen (secondary N) is 1. The number of ether oxygens (including phenoxy) is 1. The Morgan fingerprint density at radius 2 is 1.69 bits per heavy atom. The molecule has 138 valence electrons. The van der Waals surface area contributed by atoms with Gasteiger partial charge >= 0.3 is 6.03 Å². The van der Waals surface area contributed by atoms with E-state index in [1.54, 1.807) is 7.11 Å². The second kappa shape index (κ2) is 8.72. The van der Waals surface area contributed by atoms with E-state index in [4.69, 9.17) is 4.74 Å². The van der Waals surface area contributed by atoms with Crippen LogP contribution in [0.2, 0.25) is 0 Å². The molecule has 26 heavy (non-hydrogen) atoms. The van der Waals surface area contributed by atoms with Gasteiger partial charge in [0.05, 0.1) is 7.11 Å². The van der Waals surface area contributed by atoms with Crippen LogP contribution in [0, 0.1) is 0 Å². The first kappa shape index (κ1) is 18.3. The van der Waals surface area contributed by atoms with E-state index in [9.17, 15) is 4.79 Å². The van der Waals surface area contributed by atoms with Crippen LogP contribution in [-0.4, -0.2) is 49.1 Å². The summed E-state index contributed by atoms with van der Waals surface area (Å²) in [6.45, 7) is 6.06. The van der Waals surface area contributed by atoms with E-state index in [1.165, 1.54) is 5.56 Å². The Morgan fingerprint density at radius 3 is 2.31 bits per heavy atom. The number of rotatable bonds is 5. The van der Waals surface area contributed by atoms with E-state index in [-0.39, 0.29) is 6.03 Å². The average molecular weight is 353 g/mol. The maximum Gasteiger partial charge on any atom is 0.317 e. The van der Waals surface area contributed by atoms with Crippen LogP contribution in [0.4, 0.5) is 4.79 Å². The van der Waals surface area contributed by atoms with Crippen LogP contribution in [-0.2, 0) is 6.54 Å². The molecule has 0 aromatic heterocycles. The Hall–Kier alpha value is -2.53. The molecule has 1 N–H and O–H groups in total. The molecule has 2 aromatic rings. The summed E-state index contributed by atoms with van der Waals surface area (Å²) in [4.78, 5) is 16.7. The Balaban J connectivity index is 1.45. The van der Waals surface area contributed by atoms with Crippen molar-refractivity contribution in [3.05, 3.63) is 65.7 Å². The fraction of sp³-hybridized carbons (Fsp3) is 0.381. The standard InChI is InChI=1S/C21H27N3O2/c1-17(19-6-4-3-5-7-19)23-12-14-24(15-13-23)21(25)22-16-18-8-10-20(26-2)11-9-18/h3-11,17H,12-16H2,1-2H3,(H,22,25). The number of amides is 2. The minimum absolute atomic E-state index is 0.00725. The predicted molar refractivity (Wildman–Crippen MR) is 103 cm³/mol. The summed E-state index contributed by atoms with van der Waals surface area (Å²) in [5, 5.41) is 3.01. The monoisotopic (exact) mass is 353 g/mol. The van der Waals surface area contributed by atoms with Gasteiger partial charge in [0.2, 0.25) is 0 Å². The number of benzene rings is 2. The van der Waals surface area contributed by atoms with Gasteiger partial charge in [0.15, 0.2) is 0 Å². The molecule has 1 fully saturated rings. The maximum absolute atomic E-state index is 12.4. The van der Waals surface area contributed by atoms with Crippen LogP contribution in [0.15, 0.2) is 54.6 Å². The van der Waals surface area contributed by atoms with Gasteiger partial charge in [0, 0.05) is 38.8 Å². The van der Waals surface area contributed by atoms with Gasteiger partial charge in [-0.25, -0.2) is 4.79 Å². The van der Waals surface area contributed by atoms with Crippen molar-refractivity contribution in [2.75, 3.05) is 33.3 Å². The third kappa shape index (κ3) is 4.55. The molecule has 0 saturated carbocycles. The summed E-state index contributed by atoms with van der Waals surface area (Å²) < 4.78 is 5.15. The SMILES string of the molecule is COc1ccc(CNC(=O)N2CCN(C(C)c3ccccc3)CC2)cc1. The van der Waals surface area contributed by atoms with Crippen molar-refractivity contribution in [3.8, 4) is 5.75 Å². The molecule has 1 atom stereocenters. The molecule has 0 spiro atoms. The Bertz CT molecular complexity index is 695. The number of piperazine rings is 1. The summed E-state index contributed by atoms with van der Waals surface area (Å²) in [7, 11) is 1.65. The number of carbonyl (C=O) groups is 1. The molecule has 0 radical (unpaired) electrons. The Morgan fingerprint density at radius 1 is 1.04 bits per heavy atom. The molecule has 5 heteroatoms. The first-order valence-electron chi connectivity index (χ1n) is 9.12. The van der Waals surface area contributed by atoms with Gasteiger partial charge in [-0.15, -0.1) is 0 Å². The number of methoxy groups -OCH3 is 1. The Labute approximate surface area is 155 Å². The molecule has 0 bridgehead atoms. The molecule has 1 aliphatic rings. The van der Waals surface area contributed by atoms with Crippen LogP contribution in [0.1, 0.15) is 24.1 Å². The molecule has 5 nitrogen and oxygen atoms in total. The van der Waals surface area contributed by atoms with Crippen molar-refractivity contribution in [3.63, 3.8) is 0 Å². The second-order valence-corrected chi connectivity index (χ2v) is 6.62. The summed E-state index contributed by atoms with van der Waals surface area (Å²) in [5.74, 6) is 0.823. The van der Waals surface area contributed by atoms with Crippen LogP contribution in [0.5, 0.6) is 5.75 Å². The number of nitrogens with zero attached hydrogens (tertiary/aromatic N) is 2. The smallest absolute Gasteiger partial charge is 0.317 e. The number of hydrogen-bond acceptors (Lipinski definition) is 3. The van der Waals surface area contributed by atoms with Crippen molar-refractivity contribution in [2.45, 2.75) is 19.5 Å². The van der Waals surface area contributed by atoms with Crippen LogP contribution >= 0.6 is 0 Å². The molecule has 1 unspecified atom stereocenters. The minimum atomic E-state index is 0.00725. The van der Waals surface area contributed by atoms with Gasteiger partial charge in [-0.3, -0.25) is 4.90 Å². The normalized spacial score (nSPS) is 16.2. The van der Waals surface area contributed by atoms with Gasteiger partial charge in [-0.05, 0) is 30.2 Å². The first-order valence-corrected chi connectivity index (χ1v) is 9.12. The van der Waals surface area contributed by atoms with E-state index in [0.29, 0.717) is 12.6 Å². The number of urea groups is 1. The van der Waals surface area contributed by atoms with Gasteiger partial charge in [0.1, 0.15) is 5.75 Å². The van der Waals surface area contributed by atoms with Gasteiger partial charge in [0.25, 0.3) is 0 Å². The summed E-state index contributed by atoms with van der Waals surface area (Å²) in [6.07, 6.45) is 0. The molecule has 1 saturated heterocycles. The van der Waals surface area contributed by atoms with Gasteiger partial charge in [-0.1, -0.05) is 42.5 Å². The highest BCUT2D eigenvalue weighted by atomic mass is 16.5. The fourth-order valence-electron chi connectivity index (χ4n) is 3.29. The van der Waals surface area contributed by atoms with Crippen molar-refractivity contribution in [1.82, 2.24) is 15.1 Å². The molecule has 0 aliphatic carbocycles. The largest absolute Gasteiger partial charge is 0.497 e. The van der Waals surface area contributed by atoms with Crippen molar-refractivity contribution >= 4 is 6.03 Å². The topological polar surface area (TPSA) is 44.8 Å². The van der Waals surface area contributed by atoms with E-state index in [2.05, 4.69) is 41.4 Å². The van der Waals surface area contributed by atoms with Crippen molar-refractivity contribution in [2.24, 2.45) is 0 Å². The van der Waals surface area contributed by atoms with Gasteiger partial charge < -0.3 is 15.0 Å². The fourth-order valence-corrected chi connectivity index (χ4v) is 3.29. The number of hydrogen-bond donors (Lipinski definition) is 1. The lowest BCUT2D eigenvalue weighted by molar-refractivity contribution is 0.114. The minimum Gasteiger partial charge on any atom is -0.497 e. The highest BCUT2D eigenvalue weighted by Gasteiger charge is 2.24. The molecule has 3 rings (SSSR count). The molecule has 1 aliphatic heterocycles. The predicted octanol–water partition coefficient (Wildman–Crippen LogP) is 3.28. The quantitative estimate of drug-likeness (QED) is 0.897. The highest BCUT2D eigenvalue weighted by molar-refractivity contribution is 5.74. The number of carbonyl (C=O) groups excluding carboxylic acids is 1. The van der Waals surface area contributed by atoms with Crippen molar-refractivity contribution < 1.29 is 9.53 Å². The molecule has 2 amide bonds. The molecule has 2 aromatic carbocycles. The van der Waals surface area contributed by atoms with E-state index in [0.717, 1.165) is 37.5 Å². The zero-order valence-electron chi connectivity index (χ0n) is 15.5. The van der Waals surface area contributed by atoms with Crippen molar-refractivity contribution in [1.29, 1.82) is 0 Å². The zero-order valence-corrected chi connectivity index (χ0v) is 15.5. The van der Waals surface area contributed by atoms with E-state index < -0.39 is 0 Å². The third-order valence-electron chi connectivity index (χ3n) is 5.03. The van der Waals surface area contributed by atoms with E-state index >= 15 is 0 Å². The lowest BCUT2D eigenvalue weighted by Crippen LogP contribution is -2.52. The van der Waals surface area contributed by atoms with Crippen LogP contribution < -0.4 is 10.1 Å². The van der Waals surface area contributed by atoms with Crippen LogP contribution in [0.25, 0.3) is 0 Å². The lowest BCUT2D eigenvalue weighted by Gasteiger charge is -2.38. The van der Waals surface area contributed by atoms with Crippen LogP contribution in [0.3, 0.4) is 0 Å². The van der Waals surface area contributed by atoms with Gasteiger partial charge in [-0.2, -0.15) is 0 Å².